The largest absolute Gasteiger partial charge is 0.493 e. The Balaban J connectivity index is 1.82. The van der Waals surface area contributed by atoms with Crippen molar-refractivity contribution < 1.29 is 17.9 Å². The van der Waals surface area contributed by atoms with Crippen molar-refractivity contribution in [2.45, 2.75) is 24.3 Å². The number of ether oxygens (including phenoxy) is 1. The molecule has 1 aromatic rings. The maximum absolute atomic E-state index is 12.1. The first-order valence-electron chi connectivity index (χ1n) is 7.31. The fraction of sp³-hybridized carbons (Fsp3) is 0.533. The number of carbonyl (C=O) groups excluding carboxylic acids is 1. The predicted molar refractivity (Wildman–Crippen MR) is 83.7 cm³/mol. The molecule has 22 heavy (non-hydrogen) atoms. The summed E-state index contributed by atoms with van der Waals surface area (Å²) in [5.74, 6) is 0.648. The van der Waals surface area contributed by atoms with Gasteiger partial charge in [0, 0.05) is 31.9 Å². The second-order valence-electron chi connectivity index (χ2n) is 5.48. The molecule has 0 bridgehead atoms. The normalized spacial score (nSPS) is 19.0. The quantitative estimate of drug-likeness (QED) is 0.861. The van der Waals surface area contributed by atoms with E-state index in [-0.39, 0.29) is 23.5 Å². The van der Waals surface area contributed by atoms with Crippen molar-refractivity contribution in [2.75, 3.05) is 32.5 Å². The molecule has 0 spiro atoms. The van der Waals surface area contributed by atoms with Gasteiger partial charge in [0.25, 0.3) is 0 Å². The van der Waals surface area contributed by atoms with Crippen molar-refractivity contribution in [1.29, 1.82) is 0 Å². The predicted octanol–water partition coefficient (Wildman–Crippen LogP) is 0.679. The Bertz CT molecular complexity index is 613. The topological polar surface area (TPSA) is 75.7 Å². The molecule has 7 heteroatoms. The van der Waals surface area contributed by atoms with E-state index in [0.717, 1.165) is 25.9 Å². The van der Waals surface area contributed by atoms with Gasteiger partial charge in [-0.15, -0.1) is 0 Å². The van der Waals surface area contributed by atoms with Crippen LogP contribution in [0.3, 0.4) is 0 Å². The third kappa shape index (κ3) is 4.45. The molecule has 0 aliphatic carbocycles. The fourth-order valence-corrected chi connectivity index (χ4v) is 3.02. The highest BCUT2D eigenvalue weighted by molar-refractivity contribution is 7.90. The lowest BCUT2D eigenvalue weighted by atomic mass is 10.2. The molecule has 1 aliphatic heterocycles. The van der Waals surface area contributed by atoms with Crippen LogP contribution in [0.25, 0.3) is 0 Å². The summed E-state index contributed by atoms with van der Waals surface area (Å²) >= 11 is 0. The molecule has 1 aromatic carbocycles. The Kier molecular flexibility index (Phi) is 5.42. The standard InChI is InChI=1S/C15H22N2O4S/c1-12-11-16-8-9-17(12)15(18)7-10-21-13-3-5-14(6-4-13)22(2,19)20/h3-6,12,16H,7-11H2,1-2H3. The summed E-state index contributed by atoms with van der Waals surface area (Å²) in [7, 11) is -3.20. The van der Waals surface area contributed by atoms with Crippen molar-refractivity contribution in [3.63, 3.8) is 0 Å². The Labute approximate surface area is 131 Å². The molecular formula is C15H22N2O4S. The number of nitrogens with one attached hydrogen (secondary N) is 1. The minimum absolute atomic E-state index is 0.0850. The first-order chi connectivity index (χ1) is 10.4. The van der Waals surface area contributed by atoms with Crippen LogP contribution in [0, 0.1) is 0 Å². The summed E-state index contributed by atoms with van der Waals surface area (Å²) in [5.41, 5.74) is 0. The lowest BCUT2D eigenvalue weighted by Gasteiger charge is -2.34. The summed E-state index contributed by atoms with van der Waals surface area (Å²) in [6, 6.07) is 6.42. The summed E-state index contributed by atoms with van der Waals surface area (Å²) in [6.45, 7) is 4.68. The fourth-order valence-electron chi connectivity index (χ4n) is 2.39. The first kappa shape index (κ1) is 16.8. The molecule has 1 aliphatic rings. The van der Waals surface area contributed by atoms with Gasteiger partial charge in [-0.1, -0.05) is 0 Å². The highest BCUT2D eigenvalue weighted by atomic mass is 32.2. The van der Waals surface area contributed by atoms with Crippen LogP contribution in [0.5, 0.6) is 5.75 Å². The van der Waals surface area contributed by atoms with E-state index < -0.39 is 9.84 Å². The van der Waals surface area contributed by atoms with Crippen molar-refractivity contribution >= 4 is 15.7 Å². The number of hydrogen-bond acceptors (Lipinski definition) is 5. The third-order valence-corrected chi connectivity index (χ3v) is 4.79. The van der Waals surface area contributed by atoms with E-state index in [9.17, 15) is 13.2 Å². The number of nitrogens with zero attached hydrogens (tertiary/aromatic N) is 1. The zero-order valence-electron chi connectivity index (χ0n) is 12.9. The van der Waals surface area contributed by atoms with Crippen molar-refractivity contribution in [3.8, 4) is 5.75 Å². The summed E-state index contributed by atoms with van der Waals surface area (Å²) in [5, 5.41) is 3.24. The third-order valence-electron chi connectivity index (χ3n) is 3.66. The van der Waals surface area contributed by atoms with E-state index in [0.29, 0.717) is 12.2 Å². The van der Waals surface area contributed by atoms with Gasteiger partial charge in [0.2, 0.25) is 5.91 Å². The number of carbonyl (C=O) groups is 1. The number of benzene rings is 1. The molecule has 1 amide bonds. The molecule has 1 heterocycles. The lowest BCUT2D eigenvalue weighted by molar-refractivity contribution is -0.134. The first-order valence-corrected chi connectivity index (χ1v) is 9.20. The highest BCUT2D eigenvalue weighted by Crippen LogP contribution is 2.16. The van der Waals surface area contributed by atoms with E-state index in [2.05, 4.69) is 5.32 Å². The minimum Gasteiger partial charge on any atom is -0.493 e. The molecule has 0 saturated carbocycles. The van der Waals surface area contributed by atoms with Gasteiger partial charge in [-0.3, -0.25) is 4.79 Å². The molecular weight excluding hydrogens is 304 g/mol. The monoisotopic (exact) mass is 326 g/mol. The highest BCUT2D eigenvalue weighted by Gasteiger charge is 2.22. The van der Waals surface area contributed by atoms with Crippen molar-refractivity contribution in [1.82, 2.24) is 10.2 Å². The molecule has 1 atom stereocenters. The minimum atomic E-state index is -3.20. The second kappa shape index (κ2) is 7.11. The molecule has 1 fully saturated rings. The Morgan fingerprint density at radius 2 is 2.05 bits per heavy atom. The maximum atomic E-state index is 12.1. The molecule has 0 aromatic heterocycles. The Hall–Kier alpha value is -1.60. The second-order valence-corrected chi connectivity index (χ2v) is 7.50. The summed E-state index contributed by atoms with van der Waals surface area (Å²) in [6.07, 6.45) is 1.48. The van der Waals surface area contributed by atoms with Gasteiger partial charge >= 0.3 is 0 Å². The van der Waals surface area contributed by atoms with Crippen LogP contribution in [0.4, 0.5) is 0 Å². The number of amides is 1. The summed E-state index contributed by atoms with van der Waals surface area (Å²) < 4.78 is 28.2. The SMILES string of the molecule is CC1CNCCN1C(=O)CCOc1ccc(S(C)(=O)=O)cc1. The number of piperazine rings is 1. The molecule has 0 radical (unpaired) electrons. The smallest absolute Gasteiger partial charge is 0.226 e. The summed E-state index contributed by atoms with van der Waals surface area (Å²) in [4.78, 5) is 14.2. The zero-order valence-corrected chi connectivity index (χ0v) is 13.7. The Morgan fingerprint density at radius 3 is 2.64 bits per heavy atom. The van der Waals surface area contributed by atoms with Gasteiger partial charge in [0.15, 0.2) is 9.84 Å². The lowest BCUT2D eigenvalue weighted by Crippen LogP contribution is -2.52. The average molecular weight is 326 g/mol. The number of hydrogen-bond donors (Lipinski definition) is 1. The van der Waals surface area contributed by atoms with Gasteiger partial charge in [-0.05, 0) is 31.2 Å². The van der Waals surface area contributed by atoms with E-state index in [1.165, 1.54) is 12.1 Å². The maximum Gasteiger partial charge on any atom is 0.226 e. The molecule has 1 unspecified atom stereocenters. The van der Waals surface area contributed by atoms with Crippen molar-refractivity contribution in [3.05, 3.63) is 24.3 Å². The van der Waals surface area contributed by atoms with Crippen LogP contribution in [-0.4, -0.2) is 57.8 Å². The van der Waals surface area contributed by atoms with Crippen LogP contribution < -0.4 is 10.1 Å². The van der Waals surface area contributed by atoms with E-state index >= 15 is 0 Å². The van der Waals surface area contributed by atoms with Crippen LogP contribution >= 0.6 is 0 Å². The van der Waals surface area contributed by atoms with E-state index in [1.807, 2.05) is 11.8 Å². The van der Waals surface area contributed by atoms with Crippen LogP contribution in [0.2, 0.25) is 0 Å². The van der Waals surface area contributed by atoms with Crippen LogP contribution in [-0.2, 0) is 14.6 Å². The molecule has 2 rings (SSSR count). The van der Waals surface area contributed by atoms with Gasteiger partial charge in [0.1, 0.15) is 5.75 Å². The molecule has 6 nitrogen and oxygen atoms in total. The molecule has 122 valence electrons. The van der Waals surface area contributed by atoms with Gasteiger partial charge < -0.3 is 15.0 Å². The van der Waals surface area contributed by atoms with E-state index in [4.69, 9.17) is 4.74 Å². The average Bonchev–Trinajstić information content (AvgIpc) is 2.47. The number of rotatable bonds is 5. The van der Waals surface area contributed by atoms with Gasteiger partial charge in [0.05, 0.1) is 17.9 Å². The van der Waals surface area contributed by atoms with E-state index in [1.54, 1.807) is 12.1 Å². The molecule has 1 saturated heterocycles. The van der Waals surface area contributed by atoms with Gasteiger partial charge in [-0.25, -0.2) is 8.42 Å². The van der Waals surface area contributed by atoms with Gasteiger partial charge in [-0.2, -0.15) is 0 Å². The Morgan fingerprint density at radius 1 is 1.36 bits per heavy atom. The molecule has 1 N–H and O–H groups in total. The van der Waals surface area contributed by atoms with Crippen LogP contribution in [0.1, 0.15) is 13.3 Å². The van der Waals surface area contributed by atoms with Crippen molar-refractivity contribution in [2.24, 2.45) is 0 Å². The number of sulfone groups is 1. The van der Waals surface area contributed by atoms with Crippen LogP contribution in [0.15, 0.2) is 29.2 Å². The zero-order chi connectivity index (χ0) is 16.2.